The second kappa shape index (κ2) is 5.09. The summed E-state index contributed by atoms with van der Waals surface area (Å²) in [5.41, 5.74) is 1.34. The van der Waals surface area contributed by atoms with Crippen LogP contribution in [0.4, 0.5) is 4.39 Å². The van der Waals surface area contributed by atoms with Gasteiger partial charge in [-0.05, 0) is 48.9 Å². The number of H-pyrrole nitrogens is 1. The Morgan fingerprint density at radius 2 is 2.00 bits per heavy atom. The van der Waals surface area contributed by atoms with Gasteiger partial charge in [-0.15, -0.1) is 0 Å². The van der Waals surface area contributed by atoms with Gasteiger partial charge >= 0.3 is 0 Å². The monoisotopic (exact) mass is 302 g/mol. The first kappa shape index (κ1) is 13.8. The van der Waals surface area contributed by atoms with Crippen molar-refractivity contribution < 1.29 is 13.9 Å². The number of carbonyl (C=O) groups excluding carboxylic acids is 1. The lowest BCUT2D eigenvalue weighted by Gasteiger charge is -2.18. The van der Waals surface area contributed by atoms with Crippen molar-refractivity contribution in [3.05, 3.63) is 35.8 Å². The molecular weight excluding hydrogens is 283 g/mol. The van der Waals surface area contributed by atoms with Crippen LogP contribution in [0.25, 0.3) is 10.9 Å². The van der Waals surface area contributed by atoms with Crippen LogP contribution in [0, 0.1) is 17.7 Å². The van der Waals surface area contributed by atoms with Crippen molar-refractivity contribution in [1.29, 1.82) is 0 Å². The number of nitrogens with one attached hydrogen (secondary N) is 1. The number of benzene rings is 1. The van der Waals surface area contributed by atoms with E-state index in [1.165, 1.54) is 12.1 Å². The molecule has 2 fully saturated rings. The Labute approximate surface area is 128 Å². The van der Waals surface area contributed by atoms with Gasteiger partial charge < -0.3 is 14.6 Å². The Morgan fingerprint density at radius 1 is 1.27 bits per heavy atom. The Kier molecular flexibility index (Phi) is 3.18. The first-order chi connectivity index (χ1) is 10.6. The summed E-state index contributed by atoms with van der Waals surface area (Å²) in [6, 6.07) is 6.26. The summed E-state index contributed by atoms with van der Waals surface area (Å²) in [6.07, 6.45) is 2.44. The van der Waals surface area contributed by atoms with Gasteiger partial charge in [0.05, 0.1) is 6.10 Å². The summed E-state index contributed by atoms with van der Waals surface area (Å²) in [7, 11) is 1.76. The lowest BCUT2D eigenvalue weighted by atomic mass is 10.0. The number of aromatic nitrogens is 1. The van der Waals surface area contributed by atoms with E-state index in [1.54, 1.807) is 19.2 Å². The average molecular weight is 302 g/mol. The Morgan fingerprint density at radius 3 is 2.68 bits per heavy atom. The molecule has 22 heavy (non-hydrogen) atoms. The largest absolute Gasteiger partial charge is 0.381 e. The van der Waals surface area contributed by atoms with Crippen molar-refractivity contribution in [3.63, 3.8) is 0 Å². The van der Waals surface area contributed by atoms with E-state index in [0.717, 1.165) is 36.8 Å². The molecule has 2 heterocycles. The normalized spacial score (nSPS) is 27.5. The number of aromatic amines is 1. The zero-order chi connectivity index (χ0) is 15.3. The zero-order valence-electron chi connectivity index (χ0n) is 12.5. The second-order valence-corrected chi connectivity index (χ2v) is 6.47. The molecule has 1 unspecified atom stereocenters. The molecule has 0 bridgehead atoms. The van der Waals surface area contributed by atoms with Crippen LogP contribution < -0.4 is 0 Å². The maximum atomic E-state index is 13.3. The minimum absolute atomic E-state index is 0.0139. The van der Waals surface area contributed by atoms with Crippen LogP contribution in [0.2, 0.25) is 0 Å². The van der Waals surface area contributed by atoms with Crippen LogP contribution in [0.1, 0.15) is 23.3 Å². The zero-order valence-corrected chi connectivity index (χ0v) is 12.5. The maximum Gasteiger partial charge on any atom is 0.270 e. The highest BCUT2D eigenvalue weighted by molar-refractivity contribution is 5.98. The summed E-state index contributed by atoms with van der Waals surface area (Å²) in [6.45, 7) is 1.60. The van der Waals surface area contributed by atoms with Crippen LogP contribution in [-0.2, 0) is 4.74 Å². The fraction of sp³-hybridized carbons (Fsp3) is 0.471. The number of rotatable bonds is 2. The summed E-state index contributed by atoms with van der Waals surface area (Å²) >= 11 is 0. The molecule has 2 aliphatic rings. The Balaban J connectivity index is 1.52. The maximum absolute atomic E-state index is 13.3. The SMILES string of the molecule is COC1C[C@@H]2CN(C(=O)c3cc4cc(F)ccc4[nH]3)C[C@@H]2C1. The van der Waals surface area contributed by atoms with Crippen molar-refractivity contribution in [3.8, 4) is 0 Å². The van der Waals surface area contributed by atoms with Gasteiger partial charge in [0.2, 0.25) is 0 Å². The summed E-state index contributed by atoms with van der Waals surface area (Å²) in [5, 5.41) is 0.738. The number of likely N-dealkylation sites (tertiary alicyclic amines) is 1. The number of carbonyl (C=O) groups is 1. The van der Waals surface area contributed by atoms with E-state index in [0.29, 0.717) is 23.6 Å². The highest BCUT2D eigenvalue weighted by Crippen LogP contribution is 2.39. The van der Waals surface area contributed by atoms with Crippen LogP contribution in [0.3, 0.4) is 0 Å². The number of nitrogens with zero attached hydrogens (tertiary/aromatic N) is 1. The highest BCUT2D eigenvalue weighted by atomic mass is 19.1. The number of methoxy groups -OCH3 is 1. The minimum Gasteiger partial charge on any atom is -0.381 e. The predicted octanol–water partition coefficient (Wildman–Crippen LogP) is 2.80. The molecule has 1 aliphatic heterocycles. The van der Waals surface area contributed by atoms with Crippen molar-refractivity contribution in [2.45, 2.75) is 18.9 Å². The van der Waals surface area contributed by atoms with Crippen LogP contribution in [-0.4, -0.2) is 42.1 Å². The lowest BCUT2D eigenvalue weighted by molar-refractivity contribution is 0.0727. The first-order valence-corrected chi connectivity index (χ1v) is 7.74. The van der Waals surface area contributed by atoms with E-state index >= 15 is 0 Å². The second-order valence-electron chi connectivity index (χ2n) is 6.47. The van der Waals surface area contributed by atoms with Crippen molar-refractivity contribution in [2.24, 2.45) is 11.8 Å². The molecule has 1 amide bonds. The highest BCUT2D eigenvalue weighted by Gasteiger charge is 2.42. The van der Waals surface area contributed by atoms with Gasteiger partial charge in [0.25, 0.3) is 5.91 Å². The number of amides is 1. The van der Waals surface area contributed by atoms with Crippen molar-refractivity contribution in [2.75, 3.05) is 20.2 Å². The minimum atomic E-state index is -0.285. The van der Waals surface area contributed by atoms with Gasteiger partial charge in [0, 0.05) is 31.1 Å². The van der Waals surface area contributed by atoms with E-state index in [-0.39, 0.29) is 11.7 Å². The molecular formula is C17H19FN2O2. The number of hydrogen-bond donors (Lipinski definition) is 1. The van der Waals surface area contributed by atoms with Gasteiger partial charge in [0.15, 0.2) is 0 Å². The molecule has 1 saturated carbocycles. The molecule has 4 nitrogen and oxygen atoms in total. The van der Waals surface area contributed by atoms with Gasteiger partial charge in [-0.2, -0.15) is 0 Å². The quantitative estimate of drug-likeness (QED) is 0.927. The van der Waals surface area contributed by atoms with E-state index in [4.69, 9.17) is 4.74 Å². The third kappa shape index (κ3) is 2.20. The molecule has 2 aromatic rings. The summed E-state index contributed by atoms with van der Waals surface area (Å²) < 4.78 is 18.7. The van der Waals surface area contributed by atoms with E-state index in [1.807, 2.05) is 4.90 Å². The number of halogens is 1. The van der Waals surface area contributed by atoms with Crippen molar-refractivity contribution >= 4 is 16.8 Å². The Hall–Kier alpha value is -1.88. The topological polar surface area (TPSA) is 45.3 Å². The molecule has 3 atom stereocenters. The standard InChI is InChI=1S/C17H19FN2O2/c1-22-14-5-11-8-20(9-12(11)6-14)17(21)16-7-10-4-13(18)2-3-15(10)19-16/h2-4,7,11-12,14,19H,5-6,8-9H2,1H3/t11-,12+,14?. The summed E-state index contributed by atoms with van der Waals surface area (Å²) in [4.78, 5) is 17.7. The molecule has 1 N–H and O–H groups in total. The number of hydrogen-bond acceptors (Lipinski definition) is 2. The van der Waals surface area contributed by atoms with Gasteiger partial charge in [-0.3, -0.25) is 4.79 Å². The molecule has 0 radical (unpaired) electrons. The van der Waals surface area contributed by atoms with Gasteiger partial charge in [-0.25, -0.2) is 4.39 Å². The summed E-state index contributed by atoms with van der Waals surface area (Å²) in [5.74, 6) is 0.832. The molecule has 0 spiro atoms. The lowest BCUT2D eigenvalue weighted by Crippen LogP contribution is -2.30. The van der Waals surface area contributed by atoms with Crippen LogP contribution >= 0.6 is 0 Å². The van der Waals surface area contributed by atoms with Gasteiger partial charge in [-0.1, -0.05) is 0 Å². The third-order valence-electron chi connectivity index (χ3n) is 5.14. The van der Waals surface area contributed by atoms with E-state index < -0.39 is 0 Å². The predicted molar refractivity (Wildman–Crippen MR) is 81.2 cm³/mol. The molecule has 4 rings (SSSR count). The molecule has 1 aliphatic carbocycles. The Bertz CT molecular complexity index is 713. The van der Waals surface area contributed by atoms with Crippen LogP contribution in [0.15, 0.2) is 24.3 Å². The average Bonchev–Trinajstić information content (AvgIpc) is 3.17. The fourth-order valence-corrected chi connectivity index (χ4v) is 3.99. The molecule has 1 aromatic heterocycles. The molecule has 1 saturated heterocycles. The molecule has 116 valence electrons. The number of ether oxygens (including phenoxy) is 1. The number of fused-ring (bicyclic) bond motifs is 2. The van der Waals surface area contributed by atoms with Gasteiger partial charge in [0.1, 0.15) is 11.5 Å². The fourth-order valence-electron chi connectivity index (χ4n) is 3.99. The molecule has 1 aromatic carbocycles. The van der Waals surface area contributed by atoms with E-state index in [9.17, 15) is 9.18 Å². The van der Waals surface area contributed by atoms with Crippen LogP contribution in [0.5, 0.6) is 0 Å². The first-order valence-electron chi connectivity index (χ1n) is 7.74. The van der Waals surface area contributed by atoms with Crippen molar-refractivity contribution in [1.82, 2.24) is 9.88 Å². The smallest absolute Gasteiger partial charge is 0.270 e. The van der Waals surface area contributed by atoms with E-state index in [2.05, 4.69) is 4.98 Å². The molecule has 5 heteroatoms. The third-order valence-corrected chi connectivity index (χ3v) is 5.14.